The van der Waals surface area contributed by atoms with Gasteiger partial charge in [0.05, 0.1) is 0 Å². The van der Waals surface area contributed by atoms with Gasteiger partial charge in [-0.15, -0.1) is 0 Å². The Morgan fingerprint density at radius 3 is 2.45 bits per heavy atom. The third kappa shape index (κ3) is 3.54. The minimum Gasteiger partial charge on any atom is -0.480 e. The van der Waals surface area contributed by atoms with Crippen molar-refractivity contribution in [2.75, 3.05) is 0 Å². The largest absolute Gasteiger partial charge is 0.480 e. The highest BCUT2D eigenvalue weighted by molar-refractivity contribution is 6.40. The van der Waals surface area contributed by atoms with Crippen LogP contribution in [0.15, 0.2) is 0 Å². The molecule has 2 unspecified atom stereocenters. The molecule has 0 spiro atoms. The van der Waals surface area contributed by atoms with Crippen molar-refractivity contribution in [1.82, 2.24) is 0 Å². The van der Waals surface area contributed by atoms with E-state index in [0.29, 0.717) is 31.1 Å². The Labute approximate surface area is 121 Å². The van der Waals surface area contributed by atoms with Gasteiger partial charge in [0.2, 0.25) is 0 Å². The fourth-order valence-corrected chi connectivity index (χ4v) is 4.03. The van der Waals surface area contributed by atoms with Crippen molar-refractivity contribution < 1.29 is 19.9 Å². The van der Waals surface area contributed by atoms with Crippen molar-refractivity contribution in [2.45, 2.75) is 58.3 Å². The number of carboxylic acid groups (broad SMARTS) is 1. The van der Waals surface area contributed by atoms with E-state index in [0.717, 1.165) is 6.42 Å². The van der Waals surface area contributed by atoms with Crippen molar-refractivity contribution in [2.24, 2.45) is 29.4 Å². The highest BCUT2D eigenvalue weighted by Crippen LogP contribution is 2.50. The fourth-order valence-electron chi connectivity index (χ4n) is 4.03. The molecule has 20 heavy (non-hydrogen) atoms. The van der Waals surface area contributed by atoms with Crippen LogP contribution in [-0.2, 0) is 4.79 Å². The molecule has 1 saturated carbocycles. The number of hydrogen-bond acceptors (Lipinski definition) is 4. The molecule has 0 radical (unpaired) electrons. The first-order valence-electron chi connectivity index (χ1n) is 7.62. The van der Waals surface area contributed by atoms with Crippen molar-refractivity contribution in [1.29, 1.82) is 0 Å². The first kappa shape index (κ1) is 17.5. The van der Waals surface area contributed by atoms with E-state index in [1.807, 2.05) is 0 Å². The van der Waals surface area contributed by atoms with Gasteiger partial charge in [0, 0.05) is 0 Å². The van der Waals surface area contributed by atoms with E-state index in [4.69, 9.17) is 15.8 Å². The van der Waals surface area contributed by atoms with Crippen LogP contribution >= 0.6 is 0 Å². The molecule has 0 aromatic heterocycles. The first-order valence-corrected chi connectivity index (χ1v) is 7.62. The number of aliphatic carboxylic acids is 1. The van der Waals surface area contributed by atoms with Gasteiger partial charge in [-0.1, -0.05) is 33.6 Å². The quantitative estimate of drug-likeness (QED) is 0.528. The Hall–Kier alpha value is -0.585. The molecule has 0 aromatic rings. The molecule has 1 fully saturated rings. The molecule has 0 aliphatic heterocycles. The van der Waals surface area contributed by atoms with Crippen LogP contribution in [0.5, 0.6) is 0 Å². The summed E-state index contributed by atoms with van der Waals surface area (Å²) < 4.78 is 0. The summed E-state index contributed by atoms with van der Waals surface area (Å²) in [5.41, 5.74) is 5.06. The maximum absolute atomic E-state index is 11.6. The second-order valence-corrected chi connectivity index (χ2v) is 6.56. The Kier molecular flexibility index (Phi) is 6.04. The molecule has 116 valence electrons. The van der Waals surface area contributed by atoms with Gasteiger partial charge in [-0.2, -0.15) is 0 Å². The maximum atomic E-state index is 11.6. The third-order valence-corrected chi connectivity index (χ3v) is 4.94. The summed E-state index contributed by atoms with van der Waals surface area (Å²) in [6.07, 6.45) is 2.96. The number of nitrogens with two attached hydrogens (primary N) is 1. The van der Waals surface area contributed by atoms with Gasteiger partial charge in [-0.05, 0) is 42.8 Å². The number of carbonyl (C=O) groups is 1. The second-order valence-electron chi connectivity index (χ2n) is 6.56. The maximum Gasteiger partial charge on any atom is 0.451 e. The van der Waals surface area contributed by atoms with Crippen LogP contribution in [0.2, 0.25) is 6.32 Å². The number of rotatable bonds is 7. The highest BCUT2D eigenvalue weighted by Gasteiger charge is 2.55. The van der Waals surface area contributed by atoms with Crippen LogP contribution in [0, 0.1) is 23.7 Å². The summed E-state index contributed by atoms with van der Waals surface area (Å²) in [5.74, 6) is -0.0109. The lowest BCUT2D eigenvalue weighted by atomic mass is 9.72. The Morgan fingerprint density at radius 2 is 2.05 bits per heavy atom. The molecule has 6 heteroatoms. The van der Waals surface area contributed by atoms with E-state index < -0.39 is 18.6 Å². The van der Waals surface area contributed by atoms with Crippen molar-refractivity contribution in [3.8, 4) is 0 Å². The molecule has 5 N–H and O–H groups in total. The lowest BCUT2D eigenvalue weighted by Gasteiger charge is -2.33. The topological polar surface area (TPSA) is 104 Å². The fraction of sp³-hybridized carbons (Fsp3) is 0.929. The molecule has 0 amide bonds. The van der Waals surface area contributed by atoms with Crippen molar-refractivity contribution in [3.05, 3.63) is 0 Å². The number of carboxylic acids is 1. The van der Waals surface area contributed by atoms with Crippen LogP contribution in [0.25, 0.3) is 0 Å². The monoisotopic (exact) mass is 285 g/mol. The van der Waals surface area contributed by atoms with E-state index in [1.165, 1.54) is 0 Å². The molecule has 4 atom stereocenters. The summed E-state index contributed by atoms with van der Waals surface area (Å²) in [4.78, 5) is 11.6. The molecule has 0 aromatic carbocycles. The van der Waals surface area contributed by atoms with Gasteiger partial charge in [-0.25, -0.2) is 0 Å². The minimum absolute atomic E-state index is 0.0938. The normalized spacial score (nSPS) is 33.6. The first-order chi connectivity index (χ1) is 9.24. The third-order valence-electron chi connectivity index (χ3n) is 4.94. The van der Waals surface area contributed by atoms with Gasteiger partial charge in [0.15, 0.2) is 0 Å². The van der Waals surface area contributed by atoms with E-state index in [9.17, 15) is 9.90 Å². The smallest absolute Gasteiger partial charge is 0.451 e. The summed E-state index contributed by atoms with van der Waals surface area (Å²) >= 11 is 0. The average molecular weight is 285 g/mol. The molecular formula is C14H28BNO4. The predicted molar refractivity (Wildman–Crippen MR) is 79.0 cm³/mol. The van der Waals surface area contributed by atoms with Gasteiger partial charge < -0.3 is 20.9 Å². The highest BCUT2D eigenvalue weighted by atomic mass is 16.4. The Bertz CT molecular complexity index is 337. The summed E-state index contributed by atoms with van der Waals surface area (Å²) in [7, 11) is -1.33. The zero-order valence-corrected chi connectivity index (χ0v) is 12.7. The Morgan fingerprint density at radius 1 is 1.45 bits per heavy atom. The molecule has 1 rings (SSSR count). The molecule has 1 aliphatic carbocycles. The standard InChI is InChI=1S/C14H28BNO4/c1-4-10-8-14(16,13(17)18)11(12(10)9(2)3)6-5-7-15(19)20/h9-12,19-20H,4-8,16H2,1-3H3,(H,17,18)/t10-,11?,12-,14?/m1/s1. The van der Waals surface area contributed by atoms with Crippen LogP contribution in [0.1, 0.15) is 46.5 Å². The van der Waals surface area contributed by atoms with Crippen LogP contribution in [-0.4, -0.2) is 33.8 Å². The summed E-state index contributed by atoms with van der Waals surface area (Å²) in [5, 5.41) is 27.4. The van der Waals surface area contributed by atoms with Gasteiger partial charge in [0.1, 0.15) is 5.54 Å². The van der Waals surface area contributed by atoms with Crippen LogP contribution < -0.4 is 5.73 Å². The number of hydrogen-bond donors (Lipinski definition) is 4. The minimum atomic E-state index is -1.33. The molecule has 0 bridgehead atoms. The zero-order chi connectivity index (χ0) is 15.5. The average Bonchev–Trinajstić information content (AvgIpc) is 2.63. The van der Waals surface area contributed by atoms with E-state index >= 15 is 0 Å². The second kappa shape index (κ2) is 6.92. The van der Waals surface area contributed by atoms with Crippen molar-refractivity contribution in [3.63, 3.8) is 0 Å². The van der Waals surface area contributed by atoms with Crippen LogP contribution in [0.4, 0.5) is 0 Å². The Balaban J connectivity index is 2.92. The summed E-state index contributed by atoms with van der Waals surface area (Å²) in [6.45, 7) is 6.33. The molecular weight excluding hydrogens is 257 g/mol. The lowest BCUT2D eigenvalue weighted by Crippen LogP contribution is -2.52. The molecule has 0 saturated heterocycles. The molecule has 5 nitrogen and oxygen atoms in total. The zero-order valence-electron chi connectivity index (χ0n) is 12.7. The van der Waals surface area contributed by atoms with Crippen molar-refractivity contribution >= 4 is 13.1 Å². The predicted octanol–water partition coefficient (Wildman–Crippen LogP) is 1.34. The van der Waals surface area contributed by atoms with Crippen LogP contribution in [0.3, 0.4) is 0 Å². The lowest BCUT2D eigenvalue weighted by molar-refractivity contribution is -0.145. The van der Waals surface area contributed by atoms with E-state index in [-0.39, 0.29) is 18.2 Å². The molecule has 1 aliphatic rings. The van der Waals surface area contributed by atoms with Gasteiger partial charge >= 0.3 is 13.1 Å². The molecule has 0 heterocycles. The van der Waals surface area contributed by atoms with Gasteiger partial charge in [-0.3, -0.25) is 4.79 Å². The van der Waals surface area contributed by atoms with Gasteiger partial charge in [0.25, 0.3) is 0 Å². The SMILES string of the molecule is CC[C@@H]1CC(N)(C(=O)O)C(CCCB(O)O)[C@@H]1C(C)C. The van der Waals surface area contributed by atoms with E-state index in [1.54, 1.807) is 0 Å². The summed E-state index contributed by atoms with van der Waals surface area (Å²) in [6, 6.07) is 0. The van der Waals surface area contributed by atoms with E-state index in [2.05, 4.69) is 20.8 Å².